The standard InChI is InChI=1S/C16H18ClN3O.C4H10.C2H6.CH2O/c1-12-15(16(21)11-19-8-2-3-9-19)10-18-20(12)14-6-4-13(17)5-7-14;1-3-4-2;2*1-2/h4-7,10H,2-3,8-9,11H2,1H3;3-4H2,1-2H3;1-2H3;1H2. The van der Waals surface area contributed by atoms with Crippen molar-refractivity contribution in [2.24, 2.45) is 0 Å². The predicted octanol–water partition coefficient (Wildman–Crippen LogP) is 5.76. The van der Waals surface area contributed by atoms with Crippen molar-refractivity contribution in [2.45, 2.75) is 60.3 Å². The first-order chi connectivity index (χ1) is 14.1. The number of hydrogen-bond donors (Lipinski definition) is 0. The lowest BCUT2D eigenvalue weighted by atomic mass is 10.1. The summed E-state index contributed by atoms with van der Waals surface area (Å²) < 4.78 is 1.79. The molecule has 2 heterocycles. The number of ketones is 1. The maximum Gasteiger partial charge on any atom is 0.180 e. The summed E-state index contributed by atoms with van der Waals surface area (Å²) in [5.74, 6) is 0.148. The highest BCUT2D eigenvalue weighted by Crippen LogP contribution is 2.18. The number of halogens is 1. The summed E-state index contributed by atoms with van der Waals surface area (Å²) in [4.78, 5) is 22.6. The van der Waals surface area contributed by atoms with Gasteiger partial charge in [0.2, 0.25) is 0 Å². The molecule has 6 heteroatoms. The minimum absolute atomic E-state index is 0.148. The molecule has 0 spiro atoms. The number of Topliss-reactive ketones (excluding diaryl/α,β-unsaturated/α-hetero) is 1. The van der Waals surface area contributed by atoms with Gasteiger partial charge in [0.1, 0.15) is 6.79 Å². The number of hydrogen-bond acceptors (Lipinski definition) is 4. The predicted molar refractivity (Wildman–Crippen MR) is 122 cm³/mol. The van der Waals surface area contributed by atoms with E-state index in [1.165, 1.54) is 25.7 Å². The quantitative estimate of drug-likeness (QED) is 0.576. The van der Waals surface area contributed by atoms with Gasteiger partial charge in [-0.1, -0.05) is 52.1 Å². The molecule has 29 heavy (non-hydrogen) atoms. The van der Waals surface area contributed by atoms with E-state index in [1.807, 2.05) is 51.8 Å². The Balaban J connectivity index is 0.000000859. The van der Waals surface area contributed by atoms with Crippen LogP contribution in [0, 0.1) is 6.92 Å². The number of carbonyl (C=O) groups is 2. The van der Waals surface area contributed by atoms with Crippen LogP contribution in [-0.2, 0) is 4.79 Å². The molecule has 5 nitrogen and oxygen atoms in total. The Hall–Kier alpha value is -1.98. The van der Waals surface area contributed by atoms with Crippen LogP contribution in [0.1, 0.15) is 69.4 Å². The Kier molecular flexibility index (Phi) is 14.8. The molecular weight excluding hydrogens is 386 g/mol. The molecule has 0 atom stereocenters. The van der Waals surface area contributed by atoms with Gasteiger partial charge in [0.15, 0.2) is 5.78 Å². The fraction of sp³-hybridized carbons (Fsp3) is 0.522. The van der Waals surface area contributed by atoms with E-state index in [9.17, 15) is 4.79 Å². The van der Waals surface area contributed by atoms with Crippen molar-refractivity contribution in [1.29, 1.82) is 0 Å². The first-order valence-electron chi connectivity index (χ1n) is 10.4. The normalized spacial score (nSPS) is 12.6. The number of unbranched alkanes of at least 4 members (excludes halogenated alkanes) is 1. The number of aromatic nitrogens is 2. The molecule has 1 aromatic heterocycles. The van der Waals surface area contributed by atoms with Crippen LogP contribution in [0.5, 0.6) is 0 Å². The number of rotatable bonds is 5. The Morgan fingerprint density at radius 3 is 2.07 bits per heavy atom. The van der Waals surface area contributed by atoms with Crippen LogP contribution in [0.2, 0.25) is 5.02 Å². The number of benzene rings is 1. The molecule has 0 N–H and O–H groups in total. The molecule has 0 bridgehead atoms. The van der Waals surface area contributed by atoms with Crippen molar-refractivity contribution in [1.82, 2.24) is 14.7 Å². The van der Waals surface area contributed by atoms with Gasteiger partial charge in [-0.05, 0) is 57.1 Å². The molecule has 1 aromatic carbocycles. The van der Waals surface area contributed by atoms with E-state index in [4.69, 9.17) is 16.4 Å². The van der Waals surface area contributed by atoms with Crippen LogP contribution < -0.4 is 0 Å². The van der Waals surface area contributed by atoms with E-state index in [0.29, 0.717) is 17.1 Å². The van der Waals surface area contributed by atoms with E-state index in [2.05, 4.69) is 23.8 Å². The summed E-state index contributed by atoms with van der Waals surface area (Å²) in [6, 6.07) is 7.45. The minimum atomic E-state index is 0.148. The summed E-state index contributed by atoms with van der Waals surface area (Å²) in [7, 11) is 0. The molecular formula is C23H36ClN3O2. The monoisotopic (exact) mass is 421 g/mol. The van der Waals surface area contributed by atoms with Gasteiger partial charge in [-0.2, -0.15) is 5.10 Å². The van der Waals surface area contributed by atoms with Crippen LogP contribution >= 0.6 is 11.6 Å². The van der Waals surface area contributed by atoms with Crippen LogP contribution in [-0.4, -0.2) is 46.9 Å². The third-order valence-electron chi connectivity index (χ3n) is 4.45. The van der Waals surface area contributed by atoms with Gasteiger partial charge >= 0.3 is 0 Å². The van der Waals surface area contributed by atoms with E-state index in [-0.39, 0.29) is 5.78 Å². The highest BCUT2D eigenvalue weighted by Gasteiger charge is 2.20. The van der Waals surface area contributed by atoms with Crippen molar-refractivity contribution in [2.75, 3.05) is 19.6 Å². The molecule has 3 rings (SSSR count). The van der Waals surface area contributed by atoms with Gasteiger partial charge in [0.25, 0.3) is 0 Å². The minimum Gasteiger partial charge on any atom is -0.307 e. The molecule has 1 aliphatic rings. The van der Waals surface area contributed by atoms with Crippen molar-refractivity contribution >= 4 is 24.2 Å². The Morgan fingerprint density at radius 1 is 1.07 bits per heavy atom. The van der Waals surface area contributed by atoms with Crippen LogP contribution in [0.3, 0.4) is 0 Å². The molecule has 0 aliphatic carbocycles. The van der Waals surface area contributed by atoms with Crippen LogP contribution in [0.4, 0.5) is 0 Å². The Morgan fingerprint density at radius 2 is 1.59 bits per heavy atom. The van der Waals surface area contributed by atoms with Crippen LogP contribution in [0.15, 0.2) is 30.5 Å². The third kappa shape index (κ3) is 8.92. The van der Waals surface area contributed by atoms with Gasteiger partial charge in [0.05, 0.1) is 29.7 Å². The average Bonchev–Trinajstić information content (AvgIpc) is 3.41. The van der Waals surface area contributed by atoms with Gasteiger partial charge in [-0.3, -0.25) is 9.69 Å². The molecule has 1 aliphatic heterocycles. The summed E-state index contributed by atoms with van der Waals surface area (Å²) in [6.07, 6.45) is 6.69. The van der Waals surface area contributed by atoms with Gasteiger partial charge in [-0.15, -0.1) is 0 Å². The lowest BCUT2D eigenvalue weighted by molar-refractivity contribution is -0.0980. The lowest BCUT2D eigenvalue weighted by Crippen LogP contribution is -2.27. The second-order valence-corrected chi connectivity index (χ2v) is 6.87. The largest absolute Gasteiger partial charge is 0.307 e. The maximum absolute atomic E-state index is 12.4. The SMILES string of the molecule is C=O.CC.CCCC.Cc1c(C(=O)CN2CCCC2)cnn1-c1ccc(Cl)cc1. The summed E-state index contributed by atoms with van der Waals surface area (Å²) in [5, 5.41) is 5.03. The maximum atomic E-state index is 12.4. The molecule has 0 unspecified atom stereocenters. The second kappa shape index (κ2) is 15.9. The van der Waals surface area contributed by atoms with Crippen molar-refractivity contribution in [3.05, 3.63) is 46.7 Å². The van der Waals surface area contributed by atoms with E-state index in [0.717, 1.165) is 24.5 Å². The smallest absolute Gasteiger partial charge is 0.180 e. The first kappa shape index (κ1) is 27.0. The third-order valence-corrected chi connectivity index (χ3v) is 4.70. The Bertz CT molecular complexity index is 691. The number of likely N-dealkylation sites (tertiary alicyclic amines) is 1. The van der Waals surface area contributed by atoms with Gasteiger partial charge in [-0.25, -0.2) is 4.68 Å². The number of carbonyl (C=O) groups excluding carboxylic acids is 2. The fourth-order valence-corrected chi connectivity index (χ4v) is 2.88. The lowest BCUT2D eigenvalue weighted by Gasteiger charge is -2.13. The van der Waals surface area contributed by atoms with E-state index in [1.54, 1.807) is 10.9 Å². The molecule has 1 saturated heterocycles. The molecule has 0 radical (unpaired) electrons. The topological polar surface area (TPSA) is 55.2 Å². The zero-order valence-corrected chi connectivity index (χ0v) is 19.3. The van der Waals surface area contributed by atoms with Crippen molar-refractivity contribution in [3.63, 3.8) is 0 Å². The van der Waals surface area contributed by atoms with Gasteiger partial charge < -0.3 is 4.79 Å². The van der Waals surface area contributed by atoms with Gasteiger partial charge in [0, 0.05) is 5.02 Å². The molecule has 162 valence electrons. The molecule has 0 saturated carbocycles. The fourth-order valence-electron chi connectivity index (χ4n) is 2.75. The van der Waals surface area contributed by atoms with E-state index >= 15 is 0 Å². The highest BCUT2D eigenvalue weighted by atomic mass is 35.5. The molecule has 2 aromatic rings. The Labute approximate surface area is 181 Å². The number of nitrogens with zero attached hydrogens (tertiary/aromatic N) is 3. The zero-order chi connectivity index (χ0) is 22.2. The highest BCUT2D eigenvalue weighted by molar-refractivity contribution is 6.30. The van der Waals surface area contributed by atoms with E-state index < -0.39 is 0 Å². The zero-order valence-electron chi connectivity index (χ0n) is 18.6. The average molecular weight is 422 g/mol. The molecule has 1 fully saturated rings. The summed E-state index contributed by atoms with van der Waals surface area (Å²) in [5.41, 5.74) is 2.50. The second-order valence-electron chi connectivity index (χ2n) is 6.44. The van der Waals surface area contributed by atoms with Crippen molar-refractivity contribution < 1.29 is 9.59 Å². The molecule has 0 amide bonds. The van der Waals surface area contributed by atoms with Crippen molar-refractivity contribution in [3.8, 4) is 5.69 Å². The van der Waals surface area contributed by atoms with Crippen LogP contribution in [0.25, 0.3) is 5.69 Å². The summed E-state index contributed by atoms with van der Waals surface area (Å²) in [6.45, 7) is 14.8. The first-order valence-corrected chi connectivity index (χ1v) is 10.8. The summed E-state index contributed by atoms with van der Waals surface area (Å²) >= 11 is 5.90.